The first kappa shape index (κ1) is 17.1. The van der Waals surface area contributed by atoms with Crippen LogP contribution in [0, 0.1) is 6.92 Å². The Hall–Kier alpha value is -2.38. The lowest BCUT2D eigenvalue weighted by Gasteiger charge is -2.20. The average molecular weight is 374 g/mol. The van der Waals surface area contributed by atoms with Crippen molar-refractivity contribution < 1.29 is 9.21 Å². The van der Waals surface area contributed by atoms with Crippen LogP contribution < -0.4 is 0 Å². The van der Waals surface area contributed by atoms with Gasteiger partial charge >= 0.3 is 0 Å². The molecule has 26 heavy (non-hydrogen) atoms. The largest absolute Gasteiger partial charge is 0.438 e. The van der Waals surface area contributed by atoms with E-state index in [1.54, 1.807) is 6.92 Å². The summed E-state index contributed by atoms with van der Waals surface area (Å²) in [5.74, 6) is 0.264. The molecule has 0 spiro atoms. The first-order chi connectivity index (χ1) is 12.6. The fraction of sp³-hybridized carbons (Fsp3) is 0.389. The van der Waals surface area contributed by atoms with Crippen molar-refractivity contribution in [2.45, 2.75) is 19.9 Å². The number of carbonyl (C=O) groups is 1. The van der Waals surface area contributed by atoms with Gasteiger partial charge in [-0.15, -0.1) is 0 Å². The third-order valence-electron chi connectivity index (χ3n) is 4.67. The molecule has 0 N–H and O–H groups in total. The number of aryl methyl sites for hydroxylation is 1. The lowest BCUT2D eigenvalue weighted by molar-refractivity contribution is 0.0728. The summed E-state index contributed by atoms with van der Waals surface area (Å²) in [6.07, 6.45) is 6.10. The highest BCUT2D eigenvalue weighted by atomic mass is 35.5. The quantitative estimate of drug-likeness (QED) is 0.706. The van der Waals surface area contributed by atoms with E-state index in [-0.39, 0.29) is 5.91 Å². The molecule has 1 fully saturated rings. The molecule has 0 radical (unpaired) electrons. The highest BCUT2D eigenvalue weighted by Crippen LogP contribution is 2.15. The Morgan fingerprint density at radius 2 is 2.12 bits per heavy atom. The number of oxazole rings is 1. The molecule has 0 bridgehead atoms. The van der Waals surface area contributed by atoms with Crippen LogP contribution in [0.5, 0.6) is 0 Å². The molecule has 0 aliphatic carbocycles. The molecule has 0 atom stereocenters. The van der Waals surface area contributed by atoms with Gasteiger partial charge in [-0.05, 0) is 25.5 Å². The molecule has 4 heterocycles. The van der Waals surface area contributed by atoms with Gasteiger partial charge in [-0.3, -0.25) is 9.69 Å². The highest BCUT2D eigenvalue weighted by Gasteiger charge is 2.24. The van der Waals surface area contributed by atoms with Crippen LogP contribution >= 0.6 is 11.6 Å². The molecule has 1 aliphatic heterocycles. The molecule has 7 nitrogen and oxygen atoms in total. The van der Waals surface area contributed by atoms with Crippen molar-refractivity contribution in [3.05, 3.63) is 53.1 Å². The second-order valence-electron chi connectivity index (χ2n) is 6.53. The predicted molar refractivity (Wildman–Crippen MR) is 97.2 cm³/mol. The predicted octanol–water partition coefficient (Wildman–Crippen LogP) is 2.63. The number of rotatable bonds is 3. The number of imidazole rings is 1. The van der Waals surface area contributed by atoms with E-state index >= 15 is 0 Å². The Balaban J connectivity index is 1.41. The van der Waals surface area contributed by atoms with Crippen molar-refractivity contribution in [3.8, 4) is 0 Å². The van der Waals surface area contributed by atoms with Crippen LogP contribution in [0.15, 0.2) is 35.3 Å². The maximum Gasteiger partial charge on any atom is 0.291 e. The normalized spacial score (nSPS) is 16.2. The molecule has 3 aromatic heterocycles. The molecule has 1 saturated heterocycles. The van der Waals surface area contributed by atoms with Crippen LogP contribution in [0.1, 0.15) is 28.4 Å². The van der Waals surface area contributed by atoms with Crippen LogP contribution in [0.4, 0.5) is 0 Å². The number of pyridine rings is 1. The number of hydrogen-bond acceptors (Lipinski definition) is 5. The number of aromatic nitrogens is 3. The van der Waals surface area contributed by atoms with Gasteiger partial charge in [0.15, 0.2) is 6.39 Å². The van der Waals surface area contributed by atoms with Crippen LogP contribution in [0.2, 0.25) is 5.02 Å². The van der Waals surface area contributed by atoms with Gasteiger partial charge in [0.1, 0.15) is 5.65 Å². The van der Waals surface area contributed by atoms with E-state index < -0.39 is 0 Å². The maximum atomic E-state index is 12.6. The molecular formula is C18H20ClN5O2. The number of fused-ring (bicyclic) bond motifs is 1. The summed E-state index contributed by atoms with van der Waals surface area (Å²) in [6, 6.07) is 3.75. The fourth-order valence-corrected chi connectivity index (χ4v) is 3.47. The number of halogens is 1. The Morgan fingerprint density at radius 1 is 1.23 bits per heavy atom. The highest BCUT2D eigenvalue weighted by molar-refractivity contribution is 6.30. The van der Waals surface area contributed by atoms with E-state index in [0.717, 1.165) is 43.9 Å². The standard InChI is InChI=1S/C18H20ClN5O2/c1-13-17(26-12-20-13)18(25)23-6-2-5-22(7-8-23)10-15-11-24-9-14(19)3-4-16(24)21-15/h3-4,9,11-12H,2,5-8,10H2,1H3. The minimum absolute atomic E-state index is 0.0794. The van der Waals surface area contributed by atoms with Gasteiger partial charge in [-0.25, -0.2) is 9.97 Å². The van der Waals surface area contributed by atoms with Crippen molar-refractivity contribution in [2.24, 2.45) is 0 Å². The van der Waals surface area contributed by atoms with Crippen molar-refractivity contribution in [2.75, 3.05) is 26.2 Å². The lowest BCUT2D eigenvalue weighted by atomic mass is 10.3. The van der Waals surface area contributed by atoms with Crippen molar-refractivity contribution in [3.63, 3.8) is 0 Å². The Morgan fingerprint density at radius 3 is 2.92 bits per heavy atom. The molecular weight excluding hydrogens is 354 g/mol. The fourth-order valence-electron chi connectivity index (χ4n) is 3.31. The van der Waals surface area contributed by atoms with Crippen molar-refractivity contribution in [1.82, 2.24) is 24.2 Å². The molecule has 1 amide bonds. The summed E-state index contributed by atoms with van der Waals surface area (Å²) < 4.78 is 7.19. The maximum absolute atomic E-state index is 12.6. The van der Waals surface area contributed by atoms with Gasteiger partial charge in [-0.1, -0.05) is 11.6 Å². The summed E-state index contributed by atoms with van der Waals surface area (Å²) in [4.78, 5) is 25.4. The monoisotopic (exact) mass is 373 g/mol. The van der Waals surface area contributed by atoms with Gasteiger partial charge in [0.25, 0.3) is 5.91 Å². The molecule has 3 aromatic rings. The second kappa shape index (κ2) is 7.09. The molecule has 0 unspecified atom stereocenters. The van der Waals surface area contributed by atoms with Crippen LogP contribution in [0.3, 0.4) is 0 Å². The third kappa shape index (κ3) is 3.45. The van der Waals surface area contributed by atoms with Gasteiger partial charge in [0.2, 0.25) is 5.76 Å². The summed E-state index contributed by atoms with van der Waals surface area (Å²) in [6.45, 7) is 5.65. The minimum Gasteiger partial charge on any atom is -0.438 e. The Labute approximate surface area is 156 Å². The molecule has 136 valence electrons. The van der Waals surface area contributed by atoms with E-state index in [0.29, 0.717) is 23.0 Å². The zero-order valence-electron chi connectivity index (χ0n) is 14.6. The SMILES string of the molecule is Cc1ncoc1C(=O)N1CCCN(Cc2cn3cc(Cl)ccc3n2)CC1. The first-order valence-corrected chi connectivity index (χ1v) is 9.03. The molecule has 4 rings (SSSR count). The zero-order valence-corrected chi connectivity index (χ0v) is 15.3. The van der Waals surface area contributed by atoms with Gasteiger partial charge in [0.05, 0.1) is 16.4 Å². The zero-order chi connectivity index (χ0) is 18.1. The number of nitrogens with zero attached hydrogens (tertiary/aromatic N) is 5. The van der Waals surface area contributed by atoms with Crippen LogP contribution in [-0.4, -0.2) is 56.3 Å². The van der Waals surface area contributed by atoms with Crippen molar-refractivity contribution >= 4 is 23.2 Å². The van der Waals surface area contributed by atoms with E-state index in [1.165, 1.54) is 6.39 Å². The van der Waals surface area contributed by atoms with Crippen molar-refractivity contribution in [1.29, 1.82) is 0 Å². The molecule has 0 aromatic carbocycles. The van der Waals surface area contributed by atoms with Crippen LogP contribution in [-0.2, 0) is 6.54 Å². The van der Waals surface area contributed by atoms with E-state index in [2.05, 4.69) is 14.9 Å². The van der Waals surface area contributed by atoms with Gasteiger partial charge < -0.3 is 13.7 Å². The van der Waals surface area contributed by atoms with E-state index in [4.69, 9.17) is 16.0 Å². The van der Waals surface area contributed by atoms with Gasteiger partial charge in [0, 0.05) is 45.1 Å². The second-order valence-corrected chi connectivity index (χ2v) is 6.97. The summed E-state index contributed by atoms with van der Waals surface area (Å²) in [7, 11) is 0. The molecule has 1 aliphatic rings. The summed E-state index contributed by atoms with van der Waals surface area (Å²) >= 11 is 6.03. The first-order valence-electron chi connectivity index (χ1n) is 8.65. The minimum atomic E-state index is -0.0794. The smallest absolute Gasteiger partial charge is 0.291 e. The summed E-state index contributed by atoms with van der Waals surface area (Å²) in [5, 5.41) is 0.688. The van der Waals surface area contributed by atoms with E-state index in [9.17, 15) is 4.79 Å². The van der Waals surface area contributed by atoms with Gasteiger partial charge in [-0.2, -0.15) is 0 Å². The lowest BCUT2D eigenvalue weighted by Crippen LogP contribution is -2.35. The third-order valence-corrected chi connectivity index (χ3v) is 4.89. The number of amides is 1. The average Bonchev–Trinajstić information content (AvgIpc) is 3.13. The Bertz CT molecular complexity index is 935. The number of carbonyl (C=O) groups excluding carboxylic acids is 1. The topological polar surface area (TPSA) is 66.9 Å². The molecule has 0 saturated carbocycles. The number of hydrogen-bond donors (Lipinski definition) is 0. The summed E-state index contributed by atoms with van der Waals surface area (Å²) in [5.41, 5.74) is 2.52. The Kier molecular flexibility index (Phi) is 4.65. The molecule has 8 heteroatoms. The van der Waals surface area contributed by atoms with E-state index in [1.807, 2.05) is 33.8 Å². The van der Waals surface area contributed by atoms with Crippen LogP contribution in [0.25, 0.3) is 5.65 Å².